The van der Waals surface area contributed by atoms with Crippen molar-refractivity contribution >= 4 is 29.1 Å². The maximum Gasteiger partial charge on any atom is 0.270 e. The number of nitrogens with one attached hydrogen (secondary N) is 3. The number of rotatable bonds is 7. The first-order chi connectivity index (χ1) is 14.0. The monoisotopic (exact) mass is 393 g/mol. The smallest absolute Gasteiger partial charge is 0.270 e. The van der Waals surface area contributed by atoms with Crippen LogP contribution in [0.15, 0.2) is 60.8 Å². The van der Waals surface area contributed by atoms with Gasteiger partial charge in [0.15, 0.2) is 0 Å². The third-order valence-electron chi connectivity index (χ3n) is 3.99. The molecule has 0 spiro atoms. The molecule has 3 aromatic rings. The SMILES string of the molecule is CC(=O)Nc1ccc(Nc2nccc(C(=O)NCCc3ccccc3F)n2)cc1. The van der Waals surface area contributed by atoms with Crippen LogP contribution in [-0.2, 0) is 11.2 Å². The summed E-state index contributed by atoms with van der Waals surface area (Å²) < 4.78 is 13.6. The lowest BCUT2D eigenvalue weighted by Gasteiger charge is -2.09. The number of carbonyl (C=O) groups is 2. The van der Waals surface area contributed by atoms with Crippen molar-refractivity contribution in [2.24, 2.45) is 0 Å². The number of benzene rings is 2. The van der Waals surface area contributed by atoms with Gasteiger partial charge in [0, 0.05) is 31.0 Å². The zero-order chi connectivity index (χ0) is 20.6. The van der Waals surface area contributed by atoms with Gasteiger partial charge in [-0.1, -0.05) is 18.2 Å². The molecule has 2 amide bonds. The largest absolute Gasteiger partial charge is 0.350 e. The lowest BCUT2D eigenvalue weighted by molar-refractivity contribution is -0.114. The molecule has 0 radical (unpaired) electrons. The van der Waals surface area contributed by atoms with Gasteiger partial charge in [-0.05, 0) is 48.4 Å². The summed E-state index contributed by atoms with van der Waals surface area (Å²) in [6.45, 7) is 1.73. The van der Waals surface area contributed by atoms with Crippen LogP contribution in [-0.4, -0.2) is 28.3 Å². The molecule has 0 saturated carbocycles. The van der Waals surface area contributed by atoms with Crippen LogP contribution >= 0.6 is 0 Å². The second-order valence-electron chi connectivity index (χ2n) is 6.25. The Morgan fingerprint density at radius 1 is 1.00 bits per heavy atom. The van der Waals surface area contributed by atoms with E-state index in [1.54, 1.807) is 42.5 Å². The van der Waals surface area contributed by atoms with Gasteiger partial charge in [-0.15, -0.1) is 0 Å². The van der Waals surface area contributed by atoms with E-state index in [0.717, 1.165) is 0 Å². The van der Waals surface area contributed by atoms with Crippen molar-refractivity contribution in [3.63, 3.8) is 0 Å². The summed E-state index contributed by atoms with van der Waals surface area (Å²) in [7, 11) is 0. The van der Waals surface area contributed by atoms with E-state index in [1.807, 2.05) is 0 Å². The van der Waals surface area contributed by atoms with E-state index in [9.17, 15) is 14.0 Å². The number of hydrogen-bond acceptors (Lipinski definition) is 5. The van der Waals surface area contributed by atoms with Crippen molar-refractivity contribution < 1.29 is 14.0 Å². The van der Waals surface area contributed by atoms with Crippen LogP contribution in [0.25, 0.3) is 0 Å². The first-order valence-electron chi connectivity index (χ1n) is 9.00. The maximum absolute atomic E-state index is 13.6. The summed E-state index contributed by atoms with van der Waals surface area (Å²) in [5.74, 6) is -0.547. The van der Waals surface area contributed by atoms with Gasteiger partial charge in [0.2, 0.25) is 11.9 Å². The minimum atomic E-state index is -0.368. The molecule has 0 saturated heterocycles. The maximum atomic E-state index is 13.6. The molecule has 148 valence electrons. The van der Waals surface area contributed by atoms with Crippen molar-refractivity contribution in [3.8, 4) is 0 Å². The van der Waals surface area contributed by atoms with E-state index >= 15 is 0 Å². The lowest BCUT2D eigenvalue weighted by Crippen LogP contribution is -2.27. The average molecular weight is 393 g/mol. The molecule has 0 bridgehead atoms. The fourth-order valence-electron chi connectivity index (χ4n) is 2.62. The minimum absolute atomic E-state index is 0.150. The van der Waals surface area contributed by atoms with Crippen molar-refractivity contribution in [2.75, 3.05) is 17.2 Å². The van der Waals surface area contributed by atoms with Crippen LogP contribution in [0.3, 0.4) is 0 Å². The van der Waals surface area contributed by atoms with E-state index in [4.69, 9.17) is 0 Å². The molecule has 0 aliphatic heterocycles. The van der Waals surface area contributed by atoms with E-state index < -0.39 is 0 Å². The Morgan fingerprint density at radius 3 is 2.45 bits per heavy atom. The average Bonchev–Trinajstić information content (AvgIpc) is 2.71. The molecular weight excluding hydrogens is 373 g/mol. The Hall–Kier alpha value is -3.81. The number of nitrogens with zero attached hydrogens (tertiary/aromatic N) is 2. The number of anilines is 3. The van der Waals surface area contributed by atoms with Gasteiger partial charge in [0.05, 0.1) is 0 Å². The van der Waals surface area contributed by atoms with E-state index in [0.29, 0.717) is 23.4 Å². The Balaban J connectivity index is 1.57. The summed E-state index contributed by atoms with van der Waals surface area (Å²) in [4.78, 5) is 31.7. The quantitative estimate of drug-likeness (QED) is 0.572. The van der Waals surface area contributed by atoms with Crippen LogP contribution in [0.2, 0.25) is 0 Å². The third-order valence-corrected chi connectivity index (χ3v) is 3.99. The van der Waals surface area contributed by atoms with Gasteiger partial charge in [-0.25, -0.2) is 14.4 Å². The summed E-state index contributed by atoms with van der Waals surface area (Å²) >= 11 is 0. The van der Waals surface area contributed by atoms with Crippen molar-refractivity contribution in [3.05, 3.63) is 77.9 Å². The number of halogens is 1. The third kappa shape index (κ3) is 5.83. The number of carbonyl (C=O) groups excluding carboxylic acids is 2. The molecule has 2 aromatic carbocycles. The highest BCUT2D eigenvalue weighted by Gasteiger charge is 2.09. The van der Waals surface area contributed by atoms with Gasteiger partial charge in [0.25, 0.3) is 5.91 Å². The predicted octanol–water partition coefficient (Wildman–Crippen LogP) is 3.29. The van der Waals surface area contributed by atoms with Gasteiger partial charge in [-0.3, -0.25) is 9.59 Å². The molecule has 3 N–H and O–H groups in total. The normalized spacial score (nSPS) is 10.3. The zero-order valence-electron chi connectivity index (χ0n) is 15.8. The van der Waals surface area contributed by atoms with Crippen LogP contribution in [0.4, 0.5) is 21.7 Å². The molecule has 0 aliphatic carbocycles. The minimum Gasteiger partial charge on any atom is -0.350 e. The molecule has 29 heavy (non-hydrogen) atoms. The highest BCUT2D eigenvalue weighted by atomic mass is 19.1. The molecule has 7 nitrogen and oxygen atoms in total. The fourth-order valence-corrected chi connectivity index (χ4v) is 2.62. The summed E-state index contributed by atoms with van der Waals surface area (Å²) in [6.07, 6.45) is 1.86. The van der Waals surface area contributed by atoms with Crippen LogP contribution in [0.1, 0.15) is 23.0 Å². The second kappa shape index (κ2) is 9.41. The van der Waals surface area contributed by atoms with Crippen LogP contribution < -0.4 is 16.0 Å². The van der Waals surface area contributed by atoms with Gasteiger partial charge < -0.3 is 16.0 Å². The summed E-state index contributed by atoms with van der Waals surface area (Å²) in [5, 5.41) is 8.41. The standard InChI is InChI=1S/C21H20FN5O2/c1-14(28)25-16-6-8-17(9-7-16)26-21-24-13-11-19(27-21)20(29)23-12-10-15-4-2-3-5-18(15)22/h2-9,11,13H,10,12H2,1H3,(H,23,29)(H,25,28)(H,24,26,27). The topological polar surface area (TPSA) is 96.0 Å². The first-order valence-corrected chi connectivity index (χ1v) is 9.00. The molecule has 0 aliphatic rings. The molecule has 3 rings (SSSR count). The Bertz CT molecular complexity index is 1010. The molecule has 8 heteroatoms. The molecule has 1 heterocycles. The van der Waals surface area contributed by atoms with Crippen LogP contribution in [0, 0.1) is 5.82 Å². The number of hydrogen-bond donors (Lipinski definition) is 3. The van der Waals surface area contributed by atoms with Gasteiger partial charge >= 0.3 is 0 Å². The van der Waals surface area contributed by atoms with Crippen molar-refractivity contribution in [2.45, 2.75) is 13.3 Å². The fraction of sp³-hybridized carbons (Fsp3) is 0.143. The van der Waals surface area contributed by atoms with Crippen molar-refractivity contribution in [1.29, 1.82) is 0 Å². The summed E-state index contributed by atoms with van der Waals surface area (Å²) in [5.41, 5.74) is 2.12. The molecule has 0 atom stereocenters. The number of amides is 2. The van der Waals surface area contributed by atoms with Gasteiger partial charge in [-0.2, -0.15) is 0 Å². The Morgan fingerprint density at radius 2 is 1.72 bits per heavy atom. The Kier molecular flexibility index (Phi) is 6.47. The van der Waals surface area contributed by atoms with Gasteiger partial charge in [0.1, 0.15) is 11.5 Å². The Labute approximate surface area is 167 Å². The highest BCUT2D eigenvalue weighted by Crippen LogP contribution is 2.16. The predicted molar refractivity (Wildman–Crippen MR) is 108 cm³/mol. The summed E-state index contributed by atoms with van der Waals surface area (Å²) in [6, 6.07) is 15.0. The van der Waals surface area contributed by atoms with E-state index in [2.05, 4.69) is 25.9 Å². The number of aromatic nitrogens is 2. The van der Waals surface area contributed by atoms with E-state index in [-0.39, 0.29) is 35.8 Å². The van der Waals surface area contributed by atoms with Crippen LogP contribution in [0.5, 0.6) is 0 Å². The van der Waals surface area contributed by atoms with E-state index in [1.165, 1.54) is 25.3 Å². The molecule has 0 unspecified atom stereocenters. The molecule has 1 aromatic heterocycles. The lowest BCUT2D eigenvalue weighted by atomic mass is 10.1. The molecule has 0 fully saturated rings. The first kappa shape index (κ1) is 19.9. The zero-order valence-corrected chi connectivity index (χ0v) is 15.8. The highest BCUT2D eigenvalue weighted by molar-refractivity contribution is 5.92. The second-order valence-corrected chi connectivity index (χ2v) is 6.25. The van der Waals surface area contributed by atoms with Crippen molar-refractivity contribution in [1.82, 2.24) is 15.3 Å². The molecular formula is C21H20FN5O2.